The maximum Gasteiger partial charge on any atom is 0.230 e. The Bertz CT molecular complexity index is 595. The van der Waals surface area contributed by atoms with Crippen LogP contribution in [0, 0.1) is 0 Å². The monoisotopic (exact) mass is 292 g/mol. The average molecular weight is 292 g/mol. The van der Waals surface area contributed by atoms with E-state index in [1.807, 2.05) is 28.8 Å². The van der Waals surface area contributed by atoms with Crippen molar-refractivity contribution in [1.82, 2.24) is 19.9 Å². The van der Waals surface area contributed by atoms with E-state index in [0.717, 1.165) is 30.3 Å². The minimum Gasteiger partial charge on any atom is -0.376 e. The number of hydrogen-bond donors (Lipinski definition) is 1. The van der Waals surface area contributed by atoms with Gasteiger partial charge in [0.05, 0.1) is 11.9 Å². The van der Waals surface area contributed by atoms with Gasteiger partial charge in [-0.2, -0.15) is 0 Å². The first kappa shape index (κ1) is 13.4. The van der Waals surface area contributed by atoms with Crippen molar-refractivity contribution < 1.29 is 9.53 Å². The maximum atomic E-state index is 11.8. The number of carbonyl (C=O) groups excluding carboxylic acids is 1. The third-order valence-electron chi connectivity index (χ3n) is 3.17. The van der Waals surface area contributed by atoms with Gasteiger partial charge in [-0.1, -0.05) is 17.8 Å². The summed E-state index contributed by atoms with van der Waals surface area (Å²) < 4.78 is 7.34. The van der Waals surface area contributed by atoms with Gasteiger partial charge < -0.3 is 10.1 Å². The molecule has 1 atom stereocenters. The van der Waals surface area contributed by atoms with Crippen LogP contribution in [0.15, 0.2) is 29.6 Å². The van der Waals surface area contributed by atoms with Crippen LogP contribution in [-0.2, 0) is 9.53 Å². The van der Waals surface area contributed by atoms with E-state index >= 15 is 0 Å². The molecule has 1 saturated heterocycles. The molecule has 1 aliphatic heterocycles. The minimum atomic E-state index is -0.00168. The molecular formula is C13H16N4O2S. The predicted octanol–water partition coefficient (Wildman–Crippen LogP) is 1.12. The van der Waals surface area contributed by atoms with Crippen LogP contribution in [0.5, 0.6) is 0 Å². The van der Waals surface area contributed by atoms with Crippen LogP contribution >= 0.6 is 11.8 Å². The third kappa shape index (κ3) is 3.10. The van der Waals surface area contributed by atoms with E-state index < -0.39 is 0 Å². The molecule has 1 N–H and O–H groups in total. The number of aromatic nitrogens is 3. The number of pyridine rings is 1. The van der Waals surface area contributed by atoms with Gasteiger partial charge in [0.2, 0.25) is 5.91 Å². The van der Waals surface area contributed by atoms with Crippen LogP contribution in [0.4, 0.5) is 0 Å². The summed E-state index contributed by atoms with van der Waals surface area (Å²) in [7, 11) is 0. The first-order valence-corrected chi connectivity index (χ1v) is 7.62. The highest BCUT2D eigenvalue weighted by atomic mass is 32.2. The zero-order chi connectivity index (χ0) is 13.8. The van der Waals surface area contributed by atoms with Crippen molar-refractivity contribution in [2.45, 2.75) is 24.1 Å². The van der Waals surface area contributed by atoms with Crippen LogP contribution in [0.1, 0.15) is 12.8 Å². The summed E-state index contributed by atoms with van der Waals surface area (Å²) >= 11 is 1.38. The molecule has 2 aromatic heterocycles. The number of nitrogens with zero attached hydrogens (tertiary/aromatic N) is 3. The van der Waals surface area contributed by atoms with E-state index in [4.69, 9.17) is 4.74 Å². The highest BCUT2D eigenvalue weighted by Crippen LogP contribution is 2.16. The largest absolute Gasteiger partial charge is 0.376 e. The lowest BCUT2D eigenvalue weighted by Crippen LogP contribution is -2.32. The molecule has 20 heavy (non-hydrogen) atoms. The van der Waals surface area contributed by atoms with E-state index in [1.165, 1.54) is 11.8 Å². The molecule has 0 unspecified atom stereocenters. The molecule has 0 radical (unpaired) electrons. The van der Waals surface area contributed by atoms with Crippen molar-refractivity contribution in [2.75, 3.05) is 18.9 Å². The zero-order valence-electron chi connectivity index (χ0n) is 11.0. The molecule has 0 bridgehead atoms. The molecule has 0 aromatic carbocycles. The fourth-order valence-electron chi connectivity index (χ4n) is 2.13. The Morgan fingerprint density at radius 2 is 2.45 bits per heavy atom. The Morgan fingerprint density at radius 1 is 1.50 bits per heavy atom. The molecule has 2 aromatic rings. The van der Waals surface area contributed by atoms with Gasteiger partial charge in [0, 0.05) is 19.3 Å². The number of ether oxygens (including phenoxy) is 1. The van der Waals surface area contributed by atoms with Gasteiger partial charge in [0.25, 0.3) is 0 Å². The van der Waals surface area contributed by atoms with Crippen molar-refractivity contribution in [3.63, 3.8) is 0 Å². The summed E-state index contributed by atoms with van der Waals surface area (Å²) in [5.41, 5.74) is 0.787. The second kappa shape index (κ2) is 6.23. The molecule has 3 heterocycles. The van der Waals surface area contributed by atoms with E-state index in [9.17, 15) is 4.79 Å². The Hall–Kier alpha value is -1.60. The van der Waals surface area contributed by atoms with Crippen LogP contribution in [-0.4, -0.2) is 45.5 Å². The molecule has 0 spiro atoms. The van der Waals surface area contributed by atoms with Gasteiger partial charge in [-0.15, -0.1) is 10.2 Å². The van der Waals surface area contributed by atoms with Crippen molar-refractivity contribution in [1.29, 1.82) is 0 Å². The number of carbonyl (C=O) groups is 1. The van der Waals surface area contributed by atoms with Gasteiger partial charge in [-0.05, 0) is 25.0 Å². The summed E-state index contributed by atoms with van der Waals surface area (Å²) in [6.45, 7) is 1.40. The fraction of sp³-hybridized carbons (Fsp3) is 0.462. The van der Waals surface area contributed by atoms with E-state index in [2.05, 4.69) is 15.5 Å². The predicted molar refractivity (Wildman–Crippen MR) is 75.7 cm³/mol. The third-order valence-corrected chi connectivity index (χ3v) is 4.11. The summed E-state index contributed by atoms with van der Waals surface area (Å²) in [4.78, 5) is 11.8. The molecule has 106 valence electrons. The molecule has 0 aliphatic carbocycles. The number of thioether (sulfide) groups is 1. The normalized spacial score (nSPS) is 18.5. The average Bonchev–Trinajstić information content (AvgIpc) is 3.12. The quantitative estimate of drug-likeness (QED) is 0.836. The number of rotatable bonds is 5. The second-order valence-corrected chi connectivity index (χ2v) is 5.58. The van der Waals surface area contributed by atoms with Crippen LogP contribution in [0.25, 0.3) is 5.65 Å². The summed E-state index contributed by atoms with van der Waals surface area (Å²) in [5, 5.41) is 11.7. The number of nitrogens with one attached hydrogen (secondary N) is 1. The summed E-state index contributed by atoms with van der Waals surface area (Å²) in [6.07, 6.45) is 4.18. The number of hydrogen-bond acceptors (Lipinski definition) is 5. The SMILES string of the molecule is O=C(CSc1nnc2ccccn12)NC[C@@H]1CCCO1. The van der Waals surface area contributed by atoms with Gasteiger partial charge in [-0.25, -0.2) is 0 Å². The molecular weight excluding hydrogens is 276 g/mol. The first-order valence-electron chi connectivity index (χ1n) is 6.64. The van der Waals surface area contributed by atoms with Crippen molar-refractivity contribution >= 4 is 23.3 Å². The topological polar surface area (TPSA) is 68.5 Å². The van der Waals surface area contributed by atoms with Gasteiger partial charge >= 0.3 is 0 Å². The summed E-state index contributed by atoms with van der Waals surface area (Å²) in [5.74, 6) is 0.334. The van der Waals surface area contributed by atoms with Crippen LogP contribution < -0.4 is 5.32 Å². The van der Waals surface area contributed by atoms with Gasteiger partial charge in [0.1, 0.15) is 0 Å². The fourth-order valence-corrected chi connectivity index (χ4v) is 2.89. The maximum absolute atomic E-state index is 11.8. The van der Waals surface area contributed by atoms with E-state index in [1.54, 1.807) is 0 Å². The Kier molecular flexibility index (Phi) is 4.17. The second-order valence-electron chi connectivity index (χ2n) is 4.64. The molecule has 6 nitrogen and oxygen atoms in total. The lowest BCUT2D eigenvalue weighted by molar-refractivity contribution is -0.119. The molecule has 1 amide bonds. The first-order chi connectivity index (χ1) is 9.83. The number of fused-ring (bicyclic) bond motifs is 1. The Labute approximate surface area is 120 Å². The minimum absolute atomic E-state index is 0.00168. The molecule has 0 saturated carbocycles. The Balaban J connectivity index is 1.49. The summed E-state index contributed by atoms with van der Waals surface area (Å²) in [6, 6.07) is 5.71. The van der Waals surface area contributed by atoms with Crippen LogP contribution in [0.3, 0.4) is 0 Å². The zero-order valence-corrected chi connectivity index (χ0v) is 11.8. The smallest absolute Gasteiger partial charge is 0.230 e. The van der Waals surface area contributed by atoms with Crippen molar-refractivity contribution in [2.24, 2.45) is 0 Å². The number of amides is 1. The standard InChI is InChI=1S/C13H16N4O2S/c18-12(14-8-10-4-3-7-19-10)9-20-13-16-15-11-5-1-2-6-17(11)13/h1-2,5-6,10H,3-4,7-9H2,(H,14,18)/t10-/m0/s1. The van der Waals surface area contributed by atoms with Gasteiger partial charge in [0.15, 0.2) is 10.8 Å². The highest BCUT2D eigenvalue weighted by molar-refractivity contribution is 7.99. The molecule has 1 fully saturated rings. The van der Waals surface area contributed by atoms with Crippen molar-refractivity contribution in [3.05, 3.63) is 24.4 Å². The lowest BCUT2D eigenvalue weighted by atomic mass is 10.2. The van der Waals surface area contributed by atoms with Crippen LogP contribution in [0.2, 0.25) is 0 Å². The van der Waals surface area contributed by atoms with Crippen molar-refractivity contribution in [3.8, 4) is 0 Å². The molecule has 7 heteroatoms. The van der Waals surface area contributed by atoms with E-state index in [-0.39, 0.29) is 12.0 Å². The lowest BCUT2D eigenvalue weighted by Gasteiger charge is -2.10. The highest BCUT2D eigenvalue weighted by Gasteiger charge is 2.16. The molecule has 3 rings (SSSR count). The van der Waals surface area contributed by atoms with Gasteiger partial charge in [-0.3, -0.25) is 9.20 Å². The molecule has 1 aliphatic rings. The Morgan fingerprint density at radius 3 is 3.30 bits per heavy atom. The van der Waals surface area contributed by atoms with E-state index in [0.29, 0.717) is 12.3 Å².